The molecule has 10 heteroatoms. The minimum Gasteiger partial charge on any atom is -0.481 e. The number of amides is 2. The van der Waals surface area contributed by atoms with E-state index in [2.05, 4.69) is 57.5 Å². The highest BCUT2D eigenvalue weighted by molar-refractivity contribution is 6.07. The Morgan fingerprint density at radius 1 is 0.825 bits per heavy atom. The van der Waals surface area contributed by atoms with E-state index in [0.29, 0.717) is 18.8 Å². The van der Waals surface area contributed by atoms with Crippen molar-refractivity contribution >= 4 is 29.5 Å². The normalized spacial score (nSPS) is 44.7. The lowest BCUT2D eigenvalue weighted by Gasteiger charge is -2.70. The van der Waals surface area contributed by atoms with E-state index < -0.39 is 34.2 Å². The number of aliphatic carboxylic acids is 1. The van der Waals surface area contributed by atoms with Crippen LogP contribution in [0.5, 0.6) is 0 Å². The van der Waals surface area contributed by atoms with Gasteiger partial charge in [0.25, 0.3) is 0 Å². The lowest BCUT2D eigenvalue weighted by Crippen LogP contribution is -2.68. The maximum absolute atomic E-state index is 14.9. The van der Waals surface area contributed by atoms with Crippen molar-refractivity contribution in [1.29, 1.82) is 0 Å². The average molecular weight is 790 g/mol. The lowest BCUT2D eigenvalue weighted by molar-refractivity contribution is -0.199. The zero-order valence-corrected chi connectivity index (χ0v) is 36.5. The summed E-state index contributed by atoms with van der Waals surface area (Å²) in [6.45, 7) is 21.3. The second-order valence-corrected chi connectivity index (χ2v) is 22.7. The molecule has 0 unspecified atom stereocenters. The first-order valence-corrected chi connectivity index (χ1v) is 22.6. The fraction of sp³-hybridized carbons (Fsp3) is 0.851. The number of ether oxygens (including phenoxy) is 1. The number of hydrogen-bond donors (Lipinski definition) is 4. The molecule has 1 heterocycles. The fourth-order valence-corrected chi connectivity index (χ4v) is 15.4. The number of esters is 1. The van der Waals surface area contributed by atoms with Crippen LogP contribution in [0.25, 0.3) is 0 Å². The molecule has 316 valence electrons. The summed E-state index contributed by atoms with van der Waals surface area (Å²) in [7, 11) is 0. The van der Waals surface area contributed by atoms with Crippen molar-refractivity contribution < 1.29 is 33.8 Å². The van der Waals surface area contributed by atoms with Crippen LogP contribution in [0.1, 0.15) is 166 Å². The second kappa shape index (κ2) is 12.9. The number of allylic oxidation sites excluding steroid dienone is 1. The molecule has 7 fully saturated rings. The van der Waals surface area contributed by atoms with Crippen LogP contribution in [0.4, 0.5) is 0 Å². The van der Waals surface area contributed by atoms with Crippen LogP contribution < -0.4 is 16.0 Å². The predicted octanol–water partition coefficient (Wildman–Crippen LogP) is 7.43. The third-order valence-corrected chi connectivity index (χ3v) is 19.3. The van der Waals surface area contributed by atoms with Crippen LogP contribution in [0.15, 0.2) is 11.1 Å². The highest BCUT2D eigenvalue weighted by Gasteiger charge is 2.83. The molecular formula is C47H71N3O7. The highest BCUT2D eigenvalue weighted by atomic mass is 16.5. The summed E-state index contributed by atoms with van der Waals surface area (Å²) in [5.41, 5.74) is -1.49. The number of rotatable bonds is 8. The SMILES string of the molecule is CC(C)C1=C2[C@H]3CC[C@@H]4[C@@]5(C)CC[C@H](OC(=O)[C@H]6C[C@@H](C(=O)O)C6(C)C)[C@@]6(C)N[C@@]56CC[C@@]4(C)[C@]3(C)CC[C@@]2(C(=O)NC(C)(C)C(=O)NC2CCCCC2)CC1=O. The summed E-state index contributed by atoms with van der Waals surface area (Å²) in [6.07, 6.45) is 12.6. The van der Waals surface area contributed by atoms with Crippen molar-refractivity contribution in [2.75, 3.05) is 0 Å². The van der Waals surface area contributed by atoms with Gasteiger partial charge in [0.15, 0.2) is 5.78 Å². The monoisotopic (exact) mass is 790 g/mol. The molecule has 4 N–H and O–H groups in total. The summed E-state index contributed by atoms with van der Waals surface area (Å²) < 4.78 is 6.39. The molecule has 0 bridgehead atoms. The molecule has 0 aromatic rings. The molecule has 1 saturated heterocycles. The molecule has 8 rings (SSSR count). The molecule has 57 heavy (non-hydrogen) atoms. The van der Waals surface area contributed by atoms with Crippen LogP contribution in [0, 0.1) is 56.7 Å². The largest absolute Gasteiger partial charge is 0.481 e. The van der Waals surface area contributed by atoms with Gasteiger partial charge in [-0.15, -0.1) is 0 Å². The number of Topliss-reactive ketones (excluding diaryl/α,β-unsaturated/α-hetero) is 1. The number of hydrogen-bond acceptors (Lipinski definition) is 7. The topological polar surface area (TPSA) is 161 Å². The van der Waals surface area contributed by atoms with Gasteiger partial charge in [-0.25, -0.2) is 0 Å². The molecule has 1 spiro atoms. The predicted molar refractivity (Wildman–Crippen MR) is 217 cm³/mol. The van der Waals surface area contributed by atoms with Crippen molar-refractivity contribution in [2.24, 2.45) is 56.7 Å². The molecule has 8 aliphatic rings. The van der Waals surface area contributed by atoms with Gasteiger partial charge in [-0.3, -0.25) is 29.3 Å². The number of carbonyl (C=O) groups excluding carboxylic acids is 4. The smallest absolute Gasteiger partial charge is 0.309 e. The molecular weight excluding hydrogens is 719 g/mol. The molecule has 0 radical (unpaired) electrons. The lowest BCUT2D eigenvalue weighted by atomic mass is 9.33. The van der Waals surface area contributed by atoms with Gasteiger partial charge in [0.05, 0.1) is 22.8 Å². The number of carboxylic acid groups (broad SMARTS) is 1. The fourth-order valence-electron chi connectivity index (χ4n) is 15.4. The van der Waals surface area contributed by atoms with E-state index >= 15 is 0 Å². The van der Waals surface area contributed by atoms with E-state index in [1.54, 1.807) is 13.8 Å². The number of ketones is 1. The van der Waals surface area contributed by atoms with E-state index in [0.717, 1.165) is 81.8 Å². The van der Waals surface area contributed by atoms with Crippen molar-refractivity contribution in [3.63, 3.8) is 0 Å². The zero-order chi connectivity index (χ0) is 41.5. The Labute approximate surface area is 340 Å². The highest BCUT2D eigenvalue weighted by Crippen LogP contribution is 2.79. The molecule has 1 aliphatic heterocycles. The van der Waals surface area contributed by atoms with Gasteiger partial charge in [0.1, 0.15) is 11.6 Å². The Bertz CT molecular complexity index is 1810. The zero-order valence-electron chi connectivity index (χ0n) is 36.5. The number of carbonyl (C=O) groups is 5. The summed E-state index contributed by atoms with van der Waals surface area (Å²) >= 11 is 0. The van der Waals surface area contributed by atoms with E-state index in [1.165, 1.54) is 6.42 Å². The van der Waals surface area contributed by atoms with Crippen LogP contribution >= 0.6 is 0 Å². The van der Waals surface area contributed by atoms with Gasteiger partial charge >= 0.3 is 11.9 Å². The summed E-state index contributed by atoms with van der Waals surface area (Å²) in [6, 6.07) is 0.140. The molecule has 6 saturated carbocycles. The van der Waals surface area contributed by atoms with Gasteiger partial charge in [0.2, 0.25) is 11.8 Å². The van der Waals surface area contributed by atoms with Crippen LogP contribution in [-0.4, -0.2) is 63.4 Å². The number of nitrogens with one attached hydrogen (secondary N) is 3. The summed E-state index contributed by atoms with van der Waals surface area (Å²) in [5.74, 6) is -1.77. The van der Waals surface area contributed by atoms with Crippen molar-refractivity contribution in [3.05, 3.63) is 11.1 Å². The Hall–Kier alpha value is -2.75. The number of carboxylic acids is 1. The Morgan fingerprint density at radius 2 is 1.49 bits per heavy atom. The molecule has 7 aliphatic carbocycles. The van der Waals surface area contributed by atoms with E-state index in [-0.39, 0.29) is 81.3 Å². The first kappa shape index (κ1) is 41.0. The Balaban J connectivity index is 1.05. The van der Waals surface area contributed by atoms with Gasteiger partial charge in [-0.1, -0.05) is 67.7 Å². The molecule has 2 amide bonds. The van der Waals surface area contributed by atoms with Gasteiger partial charge in [-0.2, -0.15) is 0 Å². The minimum atomic E-state index is -1.11. The van der Waals surface area contributed by atoms with E-state index in [9.17, 15) is 29.1 Å². The summed E-state index contributed by atoms with van der Waals surface area (Å²) in [4.78, 5) is 68.2. The number of fused-ring (bicyclic) bond motifs is 6. The Kier molecular flexibility index (Phi) is 9.26. The van der Waals surface area contributed by atoms with Gasteiger partial charge in [-0.05, 0) is 142 Å². The quantitative estimate of drug-likeness (QED) is 0.146. The van der Waals surface area contributed by atoms with Crippen molar-refractivity contribution in [2.45, 2.75) is 194 Å². The first-order chi connectivity index (χ1) is 26.5. The maximum Gasteiger partial charge on any atom is 0.309 e. The molecule has 0 aromatic carbocycles. The van der Waals surface area contributed by atoms with Crippen molar-refractivity contribution in [1.82, 2.24) is 16.0 Å². The summed E-state index contributed by atoms with van der Waals surface area (Å²) in [5, 5.41) is 20.1. The van der Waals surface area contributed by atoms with Crippen molar-refractivity contribution in [3.8, 4) is 0 Å². The van der Waals surface area contributed by atoms with E-state index in [1.807, 2.05) is 13.8 Å². The van der Waals surface area contributed by atoms with Crippen LogP contribution in [-0.2, 0) is 28.7 Å². The maximum atomic E-state index is 14.9. The minimum absolute atomic E-state index is 0.000286. The standard InChI is InChI=1S/C47H71N3O7/c1-26(2)34-31(51)25-46(39(56)49-41(5,6)38(55)48-27-14-12-11-13-15-27)22-20-42(7)28(35(34)46)16-17-32-43(42,8)21-23-47-44(32,9)19-18-33(45(47,10)50-47)57-37(54)30-24-29(36(52)53)40(30,3)4/h26-30,32-33,50H,11-25H2,1-10H3,(H,48,55)(H,49,56)(H,52,53)/t28-,29+,30-,32+,33+,42-,43-,44-,45-,46-,47+/m1/s1. The molecule has 11 atom stereocenters. The third kappa shape index (κ3) is 5.38. The third-order valence-electron chi connectivity index (χ3n) is 19.3. The van der Waals surface area contributed by atoms with Crippen LogP contribution in [0.3, 0.4) is 0 Å². The molecule has 10 nitrogen and oxygen atoms in total. The first-order valence-electron chi connectivity index (χ1n) is 22.6. The average Bonchev–Trinajstić information content (AvgIpc) is 3.65. The Morgan fingerprint density at radius 3 is 2.12 bits per heavy atom. The van der Waals surface area contributed by atoms with E-state index in [4.69, 9.17) is 4.74 Å². The van der Waals surface area contributed by atoms with Crippen LogP contribution in [0.2, 0.25) is 0 Å². The molecule has 0 aromatic heterocycles. The van der Waals surface area contributed by atoms with Gasteiger partial charge < -0.3 is 20.5 Å². The second-order valence-electron chi connectivity index (χ2n) is 22.7. The van der Waals surface area contributed by atoms with Gasteiger partial charge in [0, 0.05) is 18.0 Å².